The Morgan fingerprint density at radius 2 is 1.02 bits per heavy atom. The lowest BCUT2D eigenvalue weighted by molar-refractivity contribution is -0.154. The maximum absolute atomic E-state index is 12.6. The zero-order valence-electron chi connectivity index (χ0n) is 35.3. The van der Waals surface area contributed by atoms with Gasteiger partial charge in [0.2, 0.25) is 0 Å². The van der Waals surface area contributed by atoms with Crippen LogP contribution >= 0.6 is 7.82 Å². The molecule has 11 heteroatoms. The molecule has 0 aromatic heterocycles. The largest absolute Gasteiger partial charge is 0.480 e. The number of allylic oxidation sites excluding steroid dienone is 4. The molecule has 324 valence electrons. The predicted octanol–water partition coefficient (Wildman–Crippen LogP) is 12.3. The van der Waals surface area contributed by atoms with Gasteiger partial charge in [0.05, 0.1) is 19.8 Å². The molecule has 0 aromatic carbocycles. The van der Waals surface area contributed by atoms with E-state index in [-0.39, 0.29) is 13.0 Å². The Hall–Kier alpha value is -1.55. The van der Waals surface area contributed by atoms with Gasteiger partial charge in [0.25, 0.3) is 0 Å². The third-order valence-electron chi connectivity index (χ3n) is 9.73. The number of aliphatic carboxylic acids is 1. The maximum atomic E-state index is 12.6. The van der Waals surface area contributed by atoms with E-state index in [1.807, 2.05) is 0 Å². The first-order valence-electron chi connectivity index (χ1n) is 22.4. The molecule has 10 nitrogen and oxygen atoms in total. The van der Waals surface area contributed by atoms with Crippen molar-refractivity contribution in [1.82, 2.24) is 0 Å². The average Bonchev–Trinajstić information content (AvgIpc) is 3.16. The second kappa shape index (κ2) is 40.6. The van der Waals surface area contributed by atoms with Crippen LogP contribution in [0.2, 0.25) is 0 Å². The van der Waals surface area contributed by atoms with Crippen LogP contribution in [0.15, 0.2) is 24.3 Å². The SMILES string of the molecule is CCCC/C=C\C/C=C\CCCCCCCCOCC(COP(=O)(O)OCC(N)C(=O)O)OC(=O)CCCCCCCCCCCCCCCCCCCC. The number of ether oxygens (including phenoxy) is 2. The van der Waals surface area contributed by atoms with Crippen molar-refractivity contribution >= 4 is 19.8 Å². The number of phosphoric ester groups is 1. The number of nitrogens with two attached hydrogens (primary N) is 1. The van der Waals surface area contributed by atoms with Crippen molar-refractivity contribution in [3.63, 3.8) is 0 Å². The molecule has 0 spiro atoms. The molecule has 0 amide bonds. The van der Waals surface area contributed by atoms with Gasteiger partial charge in [0.15, 0.2) is 0 Å². The third kappa shape index (κ3) is 40.4. The number of carbonyl (C=O) groups excluding carboxylic acids is 1. The highest BCUT2D eigenvalue weighted by Crippen LogP contribution is 2.43. The predicted molar refractivity (Wildman–Crippen MR) is 226 cm³/mol. The molecular weight excluding hydrogens is 717 g/mol. The van der Waals surface area contributed by atoms with Gasteiger partial charge in [-0.25, -0.2) is 4.57 Å². The topological polar surface area (TPSA) is 155 Å². The van der Waals surface area contributed by atoms with E-state index in [0.29, 0.717) is 13.0 Å². The fourth-order valence-electron chi connectivity index (χ4n) is 6.21. The van der Waals surface area contributed by atoms with Crippen LogP contribution in [-0.4, -0.2) is 60.5 Å². The highest BCUT2D eigenvalue weighted by Gasteiger charge is 2.27. The number of carboxylic acid groups (broad SMARTS) is 1. The van der Waals surface area contributed by atoms with E-state index >= 15 is 0 Å². The van der Waals surface area contributed by atoms with Crippen LogP contribution in [0.3, 0.4) is 0 Å². The Morgan fingerprint density at radius 1 is 0.582 bits per heavy atom. The van der Waals surface area contributed by atoms with Gasteiger partial charge in [0.1, 0.15) is 12.1 Å². The van der Waals surface area contributed by atoms with Crippen molar-refractivity contribution in [2.24, 2.45) is 5.73 Å². The summed E-state index contributed by atoms with van der Waals surface area (Å²) in [7, 11) is -4.61. The standard InChI is InChI=1S/C44H84NO9P/c1-3-5-7-9-11-13-15-17-19-20-21-22-24-26-28-30-32-34-36-43(46)54-41(39-52-55(49,50)53-40-42(45)44(47)48)38-51-37-35-33-31-29-27-25-23-18-16-14-12-10-8-6-4-2/h10,12,16,18,41-42H,3-9,11,13-15,17,19-40,45H2,1-2H3,(H,47,48)(H,49,50)/b12-10-,18-16-. The lowest BCUT2D eigenvalue weighted by atomic mass is 10.0. The van der Waals surface area contributed by atoms with E-state index in [1.165, 1.54) is 135 Å². The average molecular weight is 802 g/mol. The van der Waals surface area contributed by atoms with Gasteiger partial charge in [-0.3, -0.25) is 18.6 Å². The van der Waals surface area contributed by atoms with Gasteiger partial charge in [0, 0.05) is 13.0 Å². The molecule has 0 fully saturated rings. The molecule has 0 aliphatic heterocycles. The third-order valence-corrected chi connectivity index (χ3v) is 10.7. The van der Waals surface area contributed by atoms with Crippen LogP contribution in [0.1, 0.15) is 206 Å². The lowest BCUT2D eigenvalue weighted by Gasteiger charge is -2.20. The summed E-state index contributed by atoms with van der Waals surface area (Å²) in [6.07, 6.45) is 43.7. The molecule has 0 rings (SSSR count). The van der Waals surface area contributed by atoms with Crippen molar-refractivity contribution in [2.75, 3.05) is 26.4 Å². The zero-order chi connectivity index (χ0) is 40.5. The number of carbonyl (C=O) groups is 2. The lowest BCUT2D eigenvalue weighted by Crippen LogP contribution is -2.34. The van der Waals surface area contributed by atoms with E-state index in [9.17, 15) is 19.0 Å². The van der Waals surface area contributed by atoms with E-state index in [4.69, 9.17) is 29.4 Å². The number of rotatable bonds is 43. The first kappa shape index (κ1) is 53.5. The summed E-state index contributed by atoms with van der Waals surface area (Å²) in [4.78, 5) is 33.5. The Balaban J connectivity index is 4.20. The zero-order valence-corrected chi connectivity index (χ0v) is 36.2. The van der Waals surface area contributed by atoms with E-state index in [1.54, 1.807) is 0 Å². The number of esters is 1. The molecule has 4 N–H and O–H groups in total. The Bertz CT molecular complexity index is 977. The number of unbranched alkanes of at least 4 members (excludes halogenated alkanes) is 25. The number of hydrogen-bond acceptors (Lipinski definition) is 8. The summed E-state index contributed by atoms with van der Waals surface area (Å²) in [5, 5.41) is 8.90. The minimum Gasteiger partial charge on any atom is -0.480 e. The summed E-state index contributed by atoms with van der Waals surface area (Å²) in [5.74, 6) is -1.78. The number of phosphoric acid groups is 1. The van der Waals surface area contributed by atoms with Gasteiger partial charge in [-0.1, -0.05) is 186 Å². The molecule has 3 unspecified atom stereocenters. The van der Waals surface area contributed by atoms with Crippen LogP contribution in [0.4, 0.5) is 0 Å². The second-order valence-corrected chi connectivity index (χ2v) is 16.6. The van der Waals surface area contributed by atoms with Gasteiger partial charge in [-0.2, -0.15) is 0 Å². The molecule has 0 bridgehead atoms. The Labute approximate surface area is 336 Å². The minimum atomic E-state index is -4.61. The van der Waals surface area contributed by atoms with Gasteiger partial charge in [-0.15, -0.1) is 0 Å². The van der Waals surface area contributed by atoms with Gasteiger partial charge < -0.3 is 25.2 Å². The molecule has 3 atom stereocenters. The molecule has 0 aliphatic carbocycles. The Morgan fingerprint density at radius 3 is 1.53 bits per heavy atom. The highest BCUT2D eigenvalue weighted by molar-refractivity contribution is 7.47. The first-order chi connectivity index (χ1) is 26.7. The quantitative estimate of drug-likeness (QED) is 0.0235. The second-order valence-electron chi connectivity index (χ2n) is 15.2. The van der Waals surface area contributed by atoms with Crippen molar-refractivity contribution < 1.29 is 42.7 Å². The van der Waals surface area contributed by atoms with Crippen molar-refractivity contribution in [3.05, 3.63) is 24.3 Å². The maximum Gasteiger partial charge on any atom is 0.472 e. The van der Waals surface area contributed by atoms with Gasteiger partial charge in [-0.05, 0) is 38.5 Å². The van der Waals surface area contributed by atoms with Gasteiger partial charge >= 0.3 is 19.8 Å². The molecule has 0 saturated carbocycles. The van der Waals surface area contributed by atoms with Crippen molar-refractivity contribution in [1.29, 1.82) is 0 Å². The molecule has 0 heterocycles. The van der Waals surface area contributed by atoms with Crippen LogP contribution in [0.25, 0.3) is 0 Å². The number of carboxylic acids is 1. The van der Waals surface area contributed by atoms with E-state index < -0.39 is 45.1 Å². The summed E-state index contributed by atoms with van der Waals surface area (Å²) < 4.78 is 33.4. The molecule has 0 aliphatic rings. The summed E-state index contributed by atoms with van der Waals surface area (Å²) in [5.41, 5.74) is 5.36. The molecule has 0 saturated heterocycles. The number of hydrogen-bond donors (Lipinski definition) is 3. The highest BCUT2D eigenvalue weighted by atomic mass is 31.2. The summed E-state index contributed by atoms with van der Waals surface area (Å²) in [6, 6.07) is -1.47. The summed E-state index contributed by atoms with van der Waals surface area (Å²) >= 11 is 0. The van der Waals surface area contributed by atoms with Crippen molar-refractivity contribution in [3.8, 4) is 0 Å². The normalized spacial score (nSPS) is 14.1. The van der Waals surface area contributed by atoms with Crippen LogP contribution in [0.5, 0.6) is 0 Å². The fourth-order valence-corrected chi connectivity index (χ4v) is 6.99. The van der Waals surface area contributed by atoms with E-state index in [0.717, 1.165) is 44.9 Å². The smallest absolute Gasteiger partial charge is 0.472 e. The monoisotopic (exact) mass is 802 g/mol. The molecule has 0 aromatic rings. The van der Waals surface area contributed by atoms with E-state index in [2.05, 4.69) is 38.2 Å². The van der Waals surface area contributed by atoms with Crippen LogP contribution in [0, 0.1) is 0 Å². The molecular formula is C44H84NO9P. The summed E-state index contributed by atoms with van der Waals surface area (Å²) in [6.45, 7) is 3.84. The molecule has 0 radical (unpaired) electrons. The first-order valence-corrected chi connectivity index (χ1v) is 23.9. The minimum absolute atomic E-state index is 0.0135. The van der Waals surface area contributed by atoms with Crippen LogP contribution in [-0.2, 0) is 32.7 Å². The van der Waals surface area contributed by atoms with Crippen molar-refractivity contribution in [2.45, 2.75) is 219 Å². The Kier molecular flexibility index (Phi) is 39.5. The fraction of sp³-hybridized carbons (Fsp3) is 0.864. The molecule has 55 heavy (non-hydrogen) atoms. The van der Waals surface area contributed by atoms with Crippen LogP contribution < -0.4 is 5.73 Å².